The lowest BCUT2D eigenvalue weighted by Gasteiger charge is -2.24. The fourth-order valence-electron chi connectivity index (χ4n) is 1.96. The van der Waals surface area contributed by atoms with Crippen molar-refractivity contribution in [1.82, 2.24) is 9.88 Å². The Bertz CT molecular complexity index is 648. The molecule has 0 saturated heterocycles. The van der Waals surface area contributed by atoms with Gasteiger partial charge >= 0.3 is 12.0 Å². The molecule has 2 aromatic rings. The van der Waals surface area contributed by atoms with Crippen LogP contribution in [0.25, 0.3) is 0 Å². The second-order valence-electron chi connectivity index (χ2n) is 4.78. The minimum atomic E-state index is -1.10. The Kier molecular flexibility index (Phi) is 4.32. The van der Waals surface area contributed by atoms with Gasteiger partial charge in [0, 0.05) is 17.6 Å². The number of anilines is 1. The van der Waals surface area contributed by atoms with Crippen LogP contribution in [0.3, 0.4) is 0 Å². The summed E-state index contributed by atoms with van der Waals surface area (Å²) >= 11 is 1.57. The molecule has 0 aliphatic rings. The summed E-state index contributed by atoms with van der Waals surface area (Å²) in [5.41, 5.74) is 0.935. The SMILES string of the molecule is Cc1cc(NC(=O)N(C)C(C)c2cccs2)c(C(=O)O)[nH]1. The number of H-pyrrole nitrogens is 1. The van der Waals surface area contributed by atoms with Gasteiger partial charge in [0.2, 0.25) is 0 Å². The molecule has 2 amide bonds. The largest absolute Gasteiger partial charge is 0.477 e. The van der Waals surface area contributed by atoms with Crippen molar-refractivity contribution in [3.63, 3.8) is 0 Å². The molecule has 0 aliphatic carbocycles. The number of thiophene rings is 1. The number of rotatable bonds is 4. The predicted octanol–water partition coefficient (Wildman–Crippen LogP) is 3.31. The summed E-state index contributed by atoms with van der Waals surface area (Å²) in [5, 5.41) is 13.7. The van der Waals surface area contributed by atoms with Crippen LogP contribution in [0.1, 0.15) is 34.0 Å². The third kappa shape index (κ3) is 3.25. The fraction of sp³-hybridized carbons (Fsp3) is 0.286. The van der Waals surface area contributed by atoms with Gasteiger partial charge in [-0.05, 0) is 31.4 Å². The van der Waals surface area contributed by atoms with E-state index in [1.165, 1.54) is 0 Å². The second-order valence-corrected chi connectivity index (χ2v) is 5.76. The molecule has 6 nitrogen and oxygen atoms in total. The van der Waals surface area contributed by atoms with E-state index in [0.29, 0.717) is 5.69 Å². The molecular formula is C14H17N3O3S. The highest BCUT2D eigenvalue weighted by atomic mass is 32.1. The minimum absolute atomic E-state index is 0.0157. The zero-order chi connectivity index (χ0) is 15.6. The van der Waals surface area contributed by atoms with Crippen molar-refractivity contribution < 1.29 is 14.7 Å². The standard InChI is InChI=1S/C14H17N3O3S/c1-8-7-10(12(15-8)13(18)19)16-14(20)17(3)9(2)11-5-4-6-21-11/h4-7,9,15H,1-3H3,(H,16,20)(H,18,19). The minimum Gasteiger partial charge on any atom is -0.477 e. The van der Waals surface area contributed by atoms with E-state index in [1.54, 1.807) is 36.3 Å². The van der Waals surface area contributed by atoms with Gasteiger partial charge in [-0.3, -0.25) is 0 Å². The lowest BCUT2D eigenvalue weighted by molar-refractivity contribution is 0.0692. The lowest BCUT2D eigenvalue weighted by atomic mass is 10.2. The number of aromatic amines is 1. The number of aryl methyl sites for hydroxylation is 1. The van der Waals surface area contributed by atoms with E-state index in [0.717, 1.165) is 4.88 Å². The van der Waals surface area contributed by atoms with Gasteiger partial charge < -0.3 is 20.3 Å². The number of aromatic nitrogens is 1. The summed E-state index contributed by atoms with van der Waals surface area (Å²) in [6, 6.07) is 5.06. The highest BCUT2D eigenvalue weighted by Gasteiger charge is 2.21. The second kappa shape index (κ2) is 6.01. The summed E-state index contributed by atoms with van der Waals surface area (Å²) in [6.07, 6.45) is 0. The normalized spacial score (nSPS) is 12.0. The Morgan fingerprint density at radius 1 is 1.48 bits per heavy atom. The first-order valence-corrected chi connectivity index (χ1v) is 7.28. The van der Waals surface area contributed by atoms with Crippen molar-refractivity contribution in [2.24, 2.45) is 0 Å². The Balaban J connectivity index is 2.13. The predicted molar refractivity (Wildman–Crippen MR) is 82.0 cm³/mol. The first-order valence-electron chi connectivity index (χ1n) is 6.40. The van der Waals surface area contributed by atoms with E-state index in [9.17, 15) is 9.59 Å². The summed E-state index contributed by atoms with van der Waals surface area (Å²) < 4.78 is 0. The van der Waals surface area contributed by atoms with Crippen LogP contribution in [0, 0.1) is 6.92 Å². The number of carbonyl (C=O) groups excluding carboxylic acids is 1. The molecule has 0 bridgehead atoms. The van der Waals surface area contributed by atoms with Crippen molar-refractivity contribution in [3.8, 4) is 0 Å². The van der Waals surface area contributed by atoms with Crippen LogP contribution in [0.4, 0.5) is 10.5 Å². The molecule has 0 spiro atoms. The molecule has 1 atom stereocenters. The monoisotopic (exact) mass is 307 g/mol. The molecule has 1 unspecified atom stereocenters. The molecule has 0 fully saturated rings. The van der Waals surface area contributed by atoms with Gasteiger partial charge in [-0.1, -0.05) is 6.07 Å². The van der Waals surface area contributed by atoms with E-state index in [4.69, 9.17) is 5.11 Å². The molecule has 0 radical (unpaired) electrons. The van der Waals surface area contributed by atoms with Gasteiger partial charge in [-0.15, -0.1) is 11.3 Å². The van der Waals surface area contributed by atoms with Gasteiger partial charge in [0.05, 0.1) is 11.7 Å². The number of nitrogens with one attached hydrogen (secondary N) is 2. The Morgan fingerprint density at radius 3 is 2.76 bits per heavy atom. The highest BCUT2D eigenvalue weighted by Crippen LogP contribution is 2.24. The lowest BCUT2D eigenvalue weighted by Crippen LogP contribution is -2.33. The Hall–Kier alpha value is -2.28. The number of aromatic carboxylic acids is 1. The van der Waals surface area contributed by atoms with Crippen LogP contribution < -0.4 is 5.32 Å². The van der Waals surface area contributed by atoms with Crippen LogP contribution in [-0.2, 0) is 0 Å². The zero-order valence-corrected chi connectivity index (χ0v) is 12.8. The number of urea groups is 1. The number of nitrogens with zero attached hydrogens (tertiary/aromatic N) is 1. The van der Waals surface area contributed by atoms with Crippen molar-refractivity contribution in [3.05, 3.63) is 39.8 Å². The van der Waals surface area contributed by atoms with Crippen LogP contribution >= 0.6 is 11.3 Å². The van der Waals surface area contributed by atoms with Gasteiger partial charge in [-0.2, -0.15) is 0 Å². The molecule has 112 valence electrons. The van der Waals surface area contributed by atoms with Gasteiger partial charge in [0.1, 0.15) is 5.69 Å². The quantitative estimate of drug-likeness (QED) is 0.810. The van der Waals surface area contributed by atoms with E-state index in [2.05, 4.69) is 10.3 Å². The summed E-state index contributed by atoms with van der Waals surface area (Å²) in [6.45, 7) is 3.66. The number of hydrogen-bond donors (Lipinski definition) is 3. The average molecular weight is 307 g/mol. The van der Waals surface area contributed by atoms with Crippen LogP contribution in [0.2, 0.25) is 0 Å². The Labute approximate surface area is 126 Å². The van der Waals surface area contributed by atoms with E-state index >= 15 is 0 Å². The molecule has 2 aromatic heterocycles. The summed E-state index contributed by atoms with van der Waals surface area (Å²) in [7, 11) is 1.68. The molecule has 21 heavy (non-hydrogen) atoms. The van der Waals surface area contributed by atoms with Gasteiger partial charge in [0.25, 0.3) is 0 Å². The van der Waals surface area contributed by atoms with Gasteiger partial charge in [0.15, 0.2) is 0 Å². The van der Waals surface area contributed by atoms with Crippen LogP contribution in [-0.4, -0.2) is 34.0 Å². The molecule has 3 N–H and O–H groups in total. The third-order valence-corrected chi connectivity index (χ3v) is 4.31. The highest BCUT2D eigenvalue weighted by molar-refractivity contribution is 7.10. The van der Waals surface area contributed by atoms with Crippen molar-refractivity contribution >= 4 is 29.0 Å². The maximum absolute atomic E-state index is 12.2. The van der Waals surface area contributed by atoms with E-state index in [1.807, 2.05) is 24.4 Å². The van der Waals surface area contributed by atoms with Crippen molar-refractivity contribution in [1.29, 1.82) is 0 Å². The average Bonchev–Trinajstić information content (AvgIpc) is 3.06. The molecule has 7 heteroatoms. The zero-order valence-electron chi connectivity index (χ0n) is 12.0. The number of amides is 2. The molecule has 0 aliphatic heterocycles. The molecule has 0 saturated carbocycles. The summed E-state index contributed by atoms with van der Waals surface area (Å²) in [4.78, 5) is 28.7. The van der Waals surface area contributed by atoms with Crippen LogP contribution in [0.15, 0.2) is 23.6 Å². The van der Waals surface area contributed by atoms with E-state index < -0.39 is 5.97 Å². The first kappa shape index (κ1) is 15.1. The maximum atomic E-state index is 12.2. The topological polar surface area (TPSA) is 85.4 Å². The maximum Gasteiger partial charge on any atom is 0.354 e. The Morgan fingerprint density at radius 2 is 2.19 bits per heavy atom. The number of carboxylic acids is 1. The smallest absolute Gasteiger partial charge is 0.354 e. The van der Waals surface area contributed by atoms with Gasteiger partial charge in [-0.25, -0.2) is 9.59 Å². The van der Waals surface area contributed by atoms with Crippen molar-refractivity contribution in [2.75, 3.05) is 12.4 Å². The first-order chi connectivity index (χ1) is 9.90. The third-order valence-electron chi connectivity index (χ3n) is 3.26. The number of hydrogen-bond acceptors (Lipinski definition) is 3. The number of carboxylic acid groups (broad SMARTS) is 1. The molecular weight excluding hydrogens is 290 g/mol. The molecule has 2 heterocycles. The van der Waals surface area contributed by atoms with E-state index in [-0.39, 0.29) is 23.5 Å². The van der Waals surface area contributed by atoms with Crippen molar-refractivity contribution in [2.45, 2.75) is 19.9 Å². The summed E-state index contributed by atoms with van der Waals surface area (Å²) in [5.74, 6) is -1.10. The van der Waals surface area contributed by atoms with Crippen LogP contribution in [0.5, 0.6) is 0 Å². The molecule has 0 aromatic carbocycles. The number of carbonyl (C=O) groups is 2. The fourth-order valence-corrected chi connectivity index (χ4v) is 2.78. The molecule has 2 rings (SSSR count).